The second-order valence-corrected chi connectivity index (χ2v) is 6.46. The summed E-state index contributed by atoms with van der Waals surface area (Å²) >= 11 is 3.21. The predicted molar refractivity (Wildman–Crippen MR) is 84.6 cm³/mol. The Balaban J connectivity index is 2.37. The topological polar surface area (TPSA) is 68.5 Å². The fourth-order valence-electron chi connectivity index (χ4n) is 2.61. The normalized spacial score (nSPS) is 16.2. The first kappa shape index (κ1) is 16.2. The lowest BCUT2D eigenvalue weighted by Crippen LogP contribution is -2.42. The maximum absolute atomic E-state index is 11.4. The third kappa shape index (κ3) is 4.14. The van der Waals surface area contributed by atoms with Crippen molar-refractivity contribution in [2.45, 2.75) is 32.7 Å². The number of anilines is 1. The van der Waals surface area contributed by atoms with Gasteiger partial charge in [0.05, 0.1) is 17.2 Å². The molecule has 1 aromatic heterocycles. The number of pyridine rings is 1. The summed E-state index contributed by atoms with van der Waals surface area (Å²) in [5.74, 6) is 0.413. The second kappa shape index (κ2) is 7.17. The van der Waals surface area contributed by atoms with E-state index in [1.807, 2.05) is 0 Å². The number of hydrogen-bond acceptors (Lipinski definition) is 5. The van der Waals surface area contributed by atoms with Gasteiger partial charge in [-0.2, -0.15) is 0 Å². The standard InChI is InChI=1S/C14H20BrN3O3/c1-10(2)9-17(11-3-5-21-6-4-11)13-8-16-14(15)7-12(13)18(19)20/h7-8,10-11H,3-6,9H2,1-2H3. The number of rotatable bonds is 5. The van der Waals surface area contributed by atoms with Crippen molar-refractivity contribution < 1.29 is 9.66 Å². The molecule has 116 valence electrons. The number of hydrogen-bond donors (Lipinski definition) is 0. The van der Waals surface area contributed by atoms with Gasteiger partial charge in [-0.25, -0.2) is 4.98 Å². The van der Waals surface area contributed by atoms with E-state index in [4.69, 9.17) is 4.74 Å². The molecule has 0 spiro atoms. The number of nitro groups is 1. The van der Waals surface area contributed by atoms with E-state index in [0.29, 0.717) is 29.4 Å². The molecule has 1 aliphatic rings. The molecule has 1 saturated heterocycles. The van der Waals surface area contributed by atoms with Crippen LogP contribution in [0.15, 0.2) is 16.9 Å². The van der Waals surface area contributed by atoms with Crippen LogP contribution in [0.4, 0.5) is 11.4 Å². The lowest BCUT2D eigenvalue weighted by molar-refractivity contribution is -0.384. The van der Waals surface area contributed by atoms with Gasteiger partial charge in [0.25, 0.3) is 5.69 Å². The monoisotopic (exact) mass is 357 g/mol. The highest BCUT2D eigenvalue weighted by Crippen LogP contribution is 2.33. The number of ether oxygens (including phenoxy) is 1. The molecule has 0 unspecified atom stereocenters. The molecule has 0 atom stereocenters. The highest BCUT2D eigenvalue weighted by atomic mass is 79.9. The SMILES string of the molecule is CC(C)CN(c1cnc(Br)cc1[N+](=O)[O-])C1CCOCC1. The zero-order valence-electron chi connectivity index (χ0n) is 12.3. The Bertz CT molecular complexity index is 504. The summed E-state index contributed by atoms with van der Waals surface area (Å²) < 4.78 is 5.88. The smallest absolute Gasteiger partial charge is 0.296 e. The first-order valence-corrected chi connectivity index (χ1v) is 7.92. The molecular weight excluding hydrogens is 338 g/mol. The number of halogens is 1. The lowest BCUT2D eigenvalue weighted by Gasteiger charge is -2.36. The van der Waals surface area contributed by atoms with Crippen LogP contribution in [0.1, 0.15) is 26.7 Å². The summed E-state index contributed by atoms with van der Waals surface area (Å²) in [5.41, 5.74) is 0.702. The Kier molecular flexibility index (Phi) is 5.52. The van der Waals surface area contributed by atoms with Crippen molar-refractivity contribution in [1.29, 1.82) is 0 Å². The van der Waals surface area contributed by atoms with Gasteiger partial charge < -0.3 is 9.64 Å². The van der Waals surface area contributed by atoms with Crippen LogP contribution in [0.2, 0.25) is 0 Å². The summed E-state index contributed by atoms with van der Waals surface area (Å²) in [5, 5.41) is 11.4. The predicted octanol–water partition coefficient (Wildman–Crippen LogP) is 3.39. The van der Waals surface area contributed by atoms with Gasteiger partial charge >= 0.3 is 0 Å². The molecule has 0 radical (unpaired) electrons. The Morgan fingerprint density at radius 1 is 1.52 bits per heavy atom. The fourth-order valence-corrected chi connectivity index (χ4v) is 2.93. The molecular formula is C14H20BrN3O3. The largest absolute Gasteiger partial charge is 0.381 e. The van der Waals surface area contributed by atoms with Gasteiger partial charge in [0.15, 0.2) is 0 Å². The van der Waals surface area contributed by atoms with Gasteiger partial charge in [-0.3, -0.25) is 10.1 Å². The van der Waals surface area contributed by atoms with Crippen LogP contribution in [-0.2, 0) is 4.74 Å². The maximum atomic E-state index is 11.4. The fraction of sp³-hybridized carbons (Fsp3) is 0.643. The van der Waals surface area contributed by atoms with Crippen LogP contribution in [0, 0.1) is 16.0 Å². The molecule has 0 N–H and O–H groups in total. The second-order valence-electron chi connectivity index (χ2n) is 5.64. The van der Waals surface area contributed by atoms with Crippen molar-refractivity contribution in [3.63, 3.8) is 0 Å². The van der Waals surface area contributed by atoms with Crippen LogP contribution in [0.25, 0.3) is 0 Å². The molecule has 21 heavy (non-hydrogen) atoms. The van der Waals surface area contributed by atoms with Crippen molar-refractivity contribution in [2.75, 3.05) is 24.7 Å². The minimum atomic E-state index is -0.339. The molecule has 1 fully saturated rings. The maximum Gasteiger partial charge on any atom is 0.296 e. The summed E-state index contributed by atoms with van der Waals surface area (Å²) in [6.45, 7) is 6.41. The molecule has 7 heteroatoms. The van der Waals surface area contributed by atoms with Crippen LogP contribution in [0.3, 0.4) is 0 Å². The molecule has 1 aromatic rings. The van der Waals surface area contributed by atoms with Crippen molar-refractivity contribution in [2.24, 2.45) is 5.92 Å². The van der Waals surface area contributed by atoms with Crippen LogP contribution < -0.4 is 4.90 Å². The first-order chi connectivity index (χ1) is 9.99. The Morgan fingerprint density at radius 2 is 2.19 bits per heavy atom. The van der Waals surface area contributed by atoms with Gasteiger partial charge in [-0.15, -0.1) is 0 Å². The third-order valence-electron chi connectivity index (χ3n) is 3.53. The number of nitrogens with zero attached hydrogens (tertiary/aromatic N) is 3. The van der Waals surface area contributed by atoms with Gasteiger partial charge in [0.1, 0.15) is 10.3 Å². The molecule has 6 nitrogen and oxygen atoms in total. The average Bonchev–Trinajstić information content (AvgIpc) is 2.45. The van der Waals surface area contributed by atoms with Crippen LogP contribution in [0.5, 0.6) is 0 Å². The molecule has 0 aromatic carbocycles. The summed E-state index contributed by atoms with van der Waals surface area (Å²) in [6, 6.07) is 1.74. The number of aromatic nitrogens is 1. The van der Waals surface area contributed by atoms with Gasteiger partial charge in [-0.05, 0) is 34.7 Å². The highest BCUT2D eigenvalue weighted by molar-refractivity contribution is 9.10. The third-order valence-corrected chi connectivity index (χ3v) is 3.96. The van der Waals surface area contributed by atoms with Crippen molar-refractivity contribution >= 4 is 27.3 Å². The minimum absolute atomic E-state index is 0.101. The zero-order chi connectivity index (χ0) is 15.4. The Morgan fingerprint density at radius 3 is 2.76 bits per heavy atom. The van der Waals surface area contributed by atoms with Crippen molar-refractivity contribution in [3.05, 3.63) is 27.0 Å². The Labute approximate surface area is 132 Å². The lowest BCUT2D eigenvalue weighted by atomic mass is 10.0. The highest BCUT2D eigenvalue weighted by Gasteiger charge is 2.28. The van der Waals surface area contributed by atoms with E-state index in [0.717, 1.165) is 19.4 Å². The zero-order valence-corrected chi connectivity index (χ0v) is 13.9. The molecule has 0 amide bonds. The van der Waals surface area contributed by atoms with E-state index in [1.165, 1.54) is 6.07 Å². The van der Waals surface area contributed by atoms with E-state index in [2.05, 4.69) is 39.7 Å². The van der Waals surface area contributed by atoms with Gasteiger partial charge in [-0.1, -0.05) is 13.8 Å². The molecule has 0 bridgehead atoms. The summed E-state index contributed by atoms with van der Waals surface area (Å²) in [6.07, 6.45) is 3.37. The Hall–Kier alpha value is -1.21. The van der Waals surface area contributed by atoms with E-state index >= 15 is 0 Å². The molecule has 0 saturated carbocycles. The van der Waals surface area contributed by atoms with E-state index in [1.54, 1.807) is 6.20 Å². The van der Waals surface area contributed by atoms with E-state index in [9.17, 15) is 10.1 Å². The van der Waals surface area contributed by atoms with Crippen molar-refractivity contribution in [3.8, 4) is 0 Å². The van der Waals surface area contributed by atoms with Crippen LogP contribution >= 0.6 is 15.9 Å². The first-order valence-electron chi connectivity index (χ1n) is 7.13. The van der Waals surface area contributed by atoms with Crippen molar-refractivity contribution in [1.82, 2.24) is 4.98 Å². The van der Waals surface area contributed by atoms with E-state index in [-0.39, 0.29) is 16.7 Å². The van der Waals surface area contributed by atoms with Gasteiger partial charge in [0.2, 0.25) is 0 Å². The summed E-state index contributed by atoms with van der Waals surface area (Å²) in [4.78, 5) is 17.3. The summed E-state index contributed by atoms with van der Waals surface area (Å²) in [7, 11) is 0. The molecule has 0 aliphatic carbocycles. The minimum Gasteiger partial charge on any atom is -0.381 e. The molecule has 1 aliphatic heterocycles. The quantitative estimate of drug-likeness (QED) is 0.458. The van der Waals surface area contributed by atoms with Gasteiger partial charge in [0, 0.05) is 25.8 Å². The van der Waals surface area contributed by atoms with E-state index < -0.39 is 0 Å². The molecule has 2 rings (SSSR count). The van der Waals surface area contributed by atoms with Crippen LogP contribution in [-0.4, -0.2) is 35.7 Å². The molecule has 2 heterocycles. The average molecular weight is 358 g/mol.